The molecular weight excluding hydrogens is 437 g/mol. The van der Waals surface area contributed by atoms with Crippen LogP contribution >= 0.6 is 0 Å². The Bertz CT molecular complexity index is 1130. The minimum Gasteiger partial charge on any atom is -0.483 e. The van der Waals surface area contributed by atoms with Gasteiger partial charge in [0.2, 0.25) is 0 Å². The van der Waals surface area contributed by atoms with Gasteiger partial charge in [0.1, 0.15) is 17.6 Å². The minimum absolute atomic E-state index is 0.217. The highest BCUT2D eigenvalue weighted by Gasteiger charge is 2.25. The molecule has 0 bridgehead atoms. The second-order valence-electron chi connectivity index (χ2n) is 7.89. The first-order chi connectivity index (χ1) is 16.3. The lowest BCUT2D eigenvalue weighted by molar-refractivity contribution is -0.131. The van der Waals surface area contributed by atoms with Gasteiger partial charge in [0.15, 0.2) is 6.61 Å². The van der Waals surface area contributed by atoms with Crippen LogP contribution in [-0.2, 0) is 9.59 Å². The summed E-state index contributed by atoms with van der Waals surface area (Å²) in [5, 5.41) is 2.60. The smallest absolute Gasteiger partial charge is 0.276 e. The molecule has 0 aromatic heterocycles. The standard InChI is InChI=1S/C26H26FN3O4/c1-17(2)24(28-25(32)19-12-14-20(27)15-13-19)26(33)30-29-23(31)16-34-22-11-7-6-10-21(22)18-8-4-3-5-9-18/h3-15,17,24H,16H2,1-2H3,(H,28,32)(H,29,31)(H,30,33)/t24-/m0/s1. The van der Waals surface area contributed by atoms with Crippen LogP contribution in [0.1, 0.15) is 24.2 Å². The summed E-state index contributed by atoms with van der Waals surface area (Å²) in [6, 6.07) is 21.0. The molecule has 0 heterocycles. The number of hydrogen-bond acceptors (Lipinski definition) is 4. The summed E-state index contributed by atoms with van der Waals surface area (Å²) in [6.07, 6.45) is 0. The normalized spacial score (nSPS) is 11.4. The molecule has 3 aromatic carbocycles. The first-order valence-corrected chi connectivity index (χ1v) is 10.8. The van der Waals surface area contributed by atoms with Crippen LogP contribution in [0, 0.1) is 11.7 Å². The Morgan fingerprint density at radius 1 is 0.853 bits per heavy atom. The minimum atomic E-state index is -0.919. The molecule has 8 heteroatoms. The zero-order valence-corrected chi connectivity index (χ0v) is 18.9. The summed E-state index contributed by atoms with van der Waals surface area (Å²) in [4.78, 5) is 37.2. The topological polar surface area (TPSA) is 96.5 Å². The Morgan fingerprint density at radius 2 is 1.50 bits per heavy atom. The predicted octanol–water partition coefficient (Wildman–Crippen LogP) is 3.47. The largest absolute Gasteiger partial charge is 0.483 e. The number of carbonyl (C=O) groups is 3. The van der Waals surface area contributed by atoms with E-state index in [9.17, 15) is 18.8 Å². The molecule has 0 spiro atoms. The quantitative estimate of drug-likeness (QED) is 0.446. The van der Waals surface area contributed by atoms with E-state index in [1.165, 1.54) is 12.1 Å². The van der Waals surface area contributed by atoms with Crippen molar-refractivity contribution in [3.8, 4) is 16.9 Å². The van der Waals surface area contributed by atoms with Gasteiger partial charge in [-0.25, -0.2) is 4.39 Å². The fraction of sp³-hybridized carbons (Fsp3) is 0.192. The Kier molecular flexibility index (Phi) is 8.34. The highest BCUT2D eigenvalue weighted by Crippen LogP contribution is 2.29. The molecule has 0 saturated heterocycles. The molecule has 0 saturated carbocycles. The van der Waals surface area contributed by atoms with Gasteiger partial charge in [-0.3, -0.25) is 25.2 Å². The molecular formula is C26H26FN3O4. The fourth-order valence-corrected chi connectivity index (χ4v) is 3.20. The van der Waals surface area contributed by atoms with E-state index in [-0.39, 0.29) is 18.1 Å². The fourth-order valence-electron chi connectivity index (χ4n) is 3.20. The number of nitrogens with one attached hydrogen (secondary N) is 3. The molecule has 3 aromatic rings. The molecule has 3 amide bonds. The van der Waals surface area contributed by atoms with E-state index in [1.54, 1.807) is 26.0 Å². The van der Waals surface area contributed by atoms with E-state index in [0.29, 0.717) is 5.75 Å². The SMILES string of the molecule is CC(C)[C@H](NC(=O)c1ccc(F)cc1)C(=O)NNC(=O)COc1ccccc1-c1ccccc1. The Balaban J connectivity index is 1.54. The maximum absolute atomic E-state index is 13.1. The zero-order valence-electron chi connectivity index (χ0n) is 18.9. The summed E-state index contributed by atoms with van der Waals surface area (Å²) >= 11 is 0. The lowest BCUT2D eigenvalue weighted by atomic mass is 10.0. The van der Waals surface area contributed by atoms with E-state index in [1.807, 2.05) is 42.5 Å². The van der Waals surface area contributed by atoms with E-state index in [0.717, 1.165) is 23.3 Å². The second kappa shape index (κ2) is 11.6. The van der Waals surface area contributed by atoms with Gasteiger partial charge < -0.3 is 10.1 Å². The monoisotopic (exact) mass is 463 g/mol. The number of hydrazine groups is 1. The van der Waals surface area contributed by atoms with Crippen LogP contribution in [-0.4, -0.2) is 30.4 Å². The van der Waals surface area contributed by atoms with E-state index >= 15 is 0 Å². The van der Waals surface area contributed by atoms with Gasteiger partial charge in [-0.05, 0) is 41.8 Å². The molecule has 3 N–H and O–H groups in total. The molecule has 0 unspecified atom stereocenters. The number of ether oxygens (including phenoxy) is 1. The maximum atomic E-state index is 13.1. The van der Waals surface area contributed by atoms with Gasteiger partial charge in [-0.2, -0.15) is 0 Å². The molecule has 176 valence electrons. The van der Waals surface area contributed by atoms with Crippen molar-refractivity contribution in [1.29, 1.82) is 0 Å². The zero-order chi connectivity index (χ0) is 24.5. The van der Waals surface area contributed by atoms with Crippen LogP contribution in [0.3, 0.4) is 0 Å². The van der Waals surface area contributed by atoms with Crippen molar-refractivity contribution in [3.63, 3.8) is 0 Å². The average molecular weight is 464 g/mol. The number of hydrogen-bond donors (Lipinski definition) is 3. The molecule has 3 rings (SSSR count). The third-order valence-electron chi connectivity index (χ3n) is 5.00. The molecule has 0 fully saturated rings. The van der Waals surface area contributed by atoms with Crippen molar-refractivity contribution in [2.45, 2.75) is 19.9 Å². The van der Waals surface area contributed by atoms with Crippen LogP contribution < -0.4 is 20.9 Å². The molecule has 0 radical (unpaired) electrons. The highest BCUT2D eigenvalue weighted by molar-refractivity contribution is 5.97. The number of halogens is 1. The van der Waals surface area contributed by atoms with Crippen LogP contribution in [0.5, 0.6) is 5.75 Å². The van der Waals surface area contributed by atoms with Crippen molar-refractivity contribution in [2.24, 2.45) is 5.92 Å². The third-order valence-corrected chi connectivity index (χ3v) is 5.00. The number of benzene rings is 3. The van der Waals surface area contributed by atoms with E-state index in [4.69, 9.17) is 4.74 Å². The highest BCUT2D eigenvalue weighted by atomic mass is 19.1. The van der Waals surface area contributed by atoms with Crippen molar-refractivity contribution in [1.82, 2.24) is 16.2 Å². The van der Waals surface area contributed by atoms with Gasteiger partial charge >= 0.3 is 0 Å². The van der Waals surface area contributed by atoms with Crippen LogP contribution in [0.4, 0.5) is 4.39 Å². The lowest BCUT2D eigenvalue weighted by Gasteiger charge is -2.22. The number of para-hydroxylation sites is 1. The molecule has 34 heavy (non-hydrogen) atoms. The Hall–Kier alpha value is -4.20. The summed E-state index contributed by atoms with van der Waals surface area (Å²) < 4.78 is 18.7. The number of carbonyl (C=O) groups excluding carboxylic acids is 3. The van der Waals surface area contributed by atoms with Crippen LogP contribution in [0.2, 0.25) is 0 Å². The molecule has 0 aliphatic rings. The first-order valence-electron chi connectivity index (χ1n) is 10.8. The van der Waals surface area contributed by atoms with Crippen LogP contribution in [0.25, 0.3) is 11.1 Å². The summed E-state index contributed by atoms with van der Waals surface area (Å²) in [6.45, 7) is 3.18. The molecule has 0 aliphatic heterocycles. The van der Waals surface area contributed by atoms with Gasteiger partial charge in [-0.15, -0.1) is 0 Å². The van der Waals surface area contributed by atoms with Gasteiger partial charge in [0.05, 0.1) is 0 Å². The third kappa shape index (κ3) is 6.65. The Morgan fingerprint density at radius 3 is 2.18 bits per heavy atom. The summed E-state index contributed by atoms with van der Waals surface area (Å²) in [7, 11) is 0. The Labute approximate surface area is 197 Å². The van der Waals surface area contributed by atoms with Gasteiger partial charge in [0, 0.05) is 11.1 Å². The van der Waals surface area contributed by atoms with E-state index in [2.05, 4.69) is 16.2 Å². The van der Waals surface area contributed by atoms with Crippen molar-refractivity contribution in [2.75, 3.05) is 6.61 Å². The predicted molar refractivity (Wildman–Crippen MR) is 126 cm³/mol. The number of rotatable bonds is 8. The molecule has 7 nitrogen and oxygen atoms in total. The van der Waals surface area contributed by atoms with Crippen molar-refractivity contribution < 1.29 is 23.5 Å². The van der Waals surface area contributed by atoms with Gasteiger partial charge in [-0.1, -0.05) is 62.4 Å². The summed E-state index contributed by atoms with van der Waals surface area (Å²) in [5.74, 6) is -1.89. The van der Waals surface area contributed by atoms with Crippen LogP contribution in [0.15, 0.2) is 78.9 Å². The summed E-state index contributed by atoms with van der Waals surface area (Å²) in [5.41, 5.74) is 6.62. The number of amides is 3. The van der Waals surface area contributed by atoms with Crippen molar-refractivity contribution >= 4 is 17.7 Å². The molecule has 1 atom stereocenters. The van der Waals surface area contributed by atoms with E-state index < -0.39 is 29.6 Å². The maximum Gasteiger partial charge on any atom is 0.276 e. The first kappa shape index (κ1) is 24.4. The van der Waals surface area contributed by atoms with Crippen molar-refractivity contribution in [3.05, 3.63) is 90.2 Å². The molecule has 0 aliphatic carbocycles. The lowest BCUT2D eigenvalue weighted by Crippen LogP contribution is -2.55. The average Bonchev–Trinajstić information content (AvgIpc) is 2.85. The van der Waals surface area contributed by atoms with Gasteiger partial charge in [0.25, 0.3) is 17.7 Å². The second-order valence-corrected chi connectivity index (χ2v) is 7.89.